The van der Waals surface area contributed by atoms with Gasteiger partial charge in [-0.15, -0.1) is 10.2 Å². The summed E-state index contributed by atoms with van der Waals surface area (Å²) < 4.78 is 35.5. The molecule has 1 N–H and O–H groups in total. The molecule has 0 saturated carbocycles. The molecule has 10 heteroatoms. The number of piperidine rings is 1. The highest BCUT2D eigenvalue weighted by Crippen LogP contribution is 2.31. The molecule has 1 aromatic carbocycles. The van der Waals surface area contributed by atoms with Crippen LogP contribution in [0.1, 0.15) is 54.6 Å². The molecule has 2 aromatic rings. The van der Waals surface area contributed by atoms with Crippen LogP contribution in [-0.4, -0.2) is 53.1 Å². The Kier molecular flexibility index (Phi) is 5.79. The van der Waals surface area contributed by atoms with Crippen molar-refractivity contribution in [3.63, 3.8) is 0 Å². The minimum absolute atomic E-state index is 0.0229. The number of hydrogen-bond acceptors (Lipinski definition) is 6. The highest BCUT2D eigenvalue weighted by molar-refractivity contribution is 7.89. The molecule has 162 valence electrons. The van der Waals surface area contributed by atoms with E-state index < -0.39 is 10.0 Å². The lowest BCUT2D eigenvalue weighted by molar-refractivity contribution is 0.0949. The molecule has 30 heavy (non-hydrogen) atoms. The second kappa shape index (κ2) is 8.35. The largest absolute Gasteiger partial charge is 0.495 e. The minimum atomic E-state index is -3.77. The number of rotatable bonds is 6. The van der Waals surface area contributed by atoms with Gasteiger partial charge in [0.05, 0.1) is 13.7 Å². The van der Waals surface area contributed by atoms with E-state index in [0.717, 1.165) is 44.5 Å². The second-order valence-corrected chi connectivity index (χ2v) is 9.66. The summed E-state index contributed by atoms with van der Waals surface area (Å²) >= 11 is 0. The fraction of sp³-hybridized carbons (Fsp3) is 0.550. The third-order valence-corrected chi connectivity index (χ3v) is 7.88. The highest BCUT2D eigenvalue weighted by Gasteiger charge is 2.33. The standard InChI is InChI=1S/C20H27N5O4S/c1-14-6-3-4-11-25(14)30(27,28)17-12-15(8-9-16(17)29-2)20(26)21-13-19-23-22-18-7-5-10-24(18)19/h8-9,12,14H,3-7,10-11,13H2,1-2H3,(H,21,26)/t14-/m0/s1. The van der Waals surface area contributed by atoms with E-state index in [1.54, 1.807) is 6.07 Å². The minimum Gasteiger partial charge on any atom is -0.495 e. The molecule has 9 nitrogen and oxygen atoms in total. The molecule has 1 aromatic heterocycles. The summed E-state index contributed by atoms with van der Waals surface area (Å²) in [5.74, 6) is 1.52. The molecule has 4 rings (SSSR count). The van der Waals surface area contributed by atoms with Crippen molar-refractivity contribution in [2.75, 3.05) is 13.7 Å². The van der Waals surface area contributed by atoms with Crippen LogP contribution in [0.15, 0.2) is 23.1 Å². The Morgan fingerprint density at radius 3 is 2.83 bits per heavy atom. The molecule has 0 spiro atoms. The first-order valence-electron chi connectivity index (χ1n) is 10.3. The fourth-order valence-electron chi connectivity index (χ4n) is 4.18. The quantitative estimate of drug-likeness (QED) is 0.744. The number of aryl methyl sites for hydroxylation is 1. The monoisotopic (exact) mass is 433 g/mol. The number of sulfonamides is 1. The third-order valence-electron chi connectivity index (χ3n) is 5.85. The van der Waals surface area contributed by atoms with E-state index in [9.17, 15) is 13.2 Å². The third kappa shape index (κ3) is 3.81. The van der Waals surface area contributed by atoms with Gasteiger partial charge in [-0.25, -0.2) is 8.42 Å². The van der Waals surface area contributed by atoms with Crippen LogP contribution in [0.4, 0.5) is 0 Å². The van der Waals surface area contributed by atoms with Gasteiger partial charge in [-0.2, -0.15) is 4.31 Å². The van der Waals surface area contributed by atoms with Gasteiger partial charge in [-0.1, -0.05) is 6.42 Å². The Balaban J connectivity index is 1.56. The molecule has 1 saturated heterocycles. The van der Waals surface area contributed by atoms with Crippen molar-refractivity contribution in [1.82, 2.24) is 24.4 Å². The maximum atomic E-state index is 13.3. The number of fused-ring (bicyclic) bond motifs is 1. The number of carbonyl (C=O) groups is 1. The predicted octanol–water partition coefficient (Wildman–Crippen LogP) is 1.73. The van der Waals surface area contributed by atoms with E-state index in [0.29, 0.717) is 12.4 Å². The van der Waals surface area contributed by atoms with Crippen LogP contribution in [0.25, 0.3) is 0 Å². The van der Waals surface area contributed by atoms with Crippen LogP contribution in [0.5, 0.6) is 5.75 Å². The molecule has 1 fully saturated rings. The van der Waals surface area contributed by atoms with Crippen LogP contribution in [0, 0.1) is 0 Å². The smallest absolute Gasteiger partial charge is 0.251 e. The lowest BCUT2D eigenvalue weighted by Crippen LogP contribution is -2.42. The van der Waals surface area contributed by atoms with Crippen molar-refractivity contribution in [2.24, 2.45) is 0 Å². The van der Waals surface area contributed by atoms with Crippen LogP contribution in [0.3, 0.4) is 0 Å². The molecule has 1 amide bonds. The Morgan fingerprint density at radius 1 is 1.23 bits per heavy atom. The Labute approximate surface area is 176 Å². The molecule has 0 radical (unpaired) electrons. The van der Waals surface area contributed by atoms with Crippen LogP contribution >= 0.6 is 0 Å². The number of hydrogen-bond donors (Lipinski definition) is 1. The topological polar surface area (TPSA) is 106 Å². The molecule has 0 aliphatic carbocycles. The molecule has 3 heterocycles. The molecule has 0 bridgehead atoms. The molecule has 1 atom stereocenters. The van der Waals surface area contributed by atoms with Gasteiger partial charge in [0.15, 0.2) is 5.82 Å². The maximum Gasteiger partial charge on any atom is 0.251 e. The molecule has 0 unspecified atom stereocenters. The average molecular weight is 434 g/mol. The lowest BCUT2D eigenvalue weighted by Gasteiger charge is -2.32. The van der Waals surface area contributed by atoms with Crippen molar-refractivity contribution in [1.29, 1.82) is 0 Å². The first kappa shape index (κ1) is 20.8. The SMILES string of the molecule is COc1ccc(C(=O)NCc2nnc3n2CCC3)cc1S(=O)(=O)N1CCCC[C@@H]1C. The summed E-state index contributed by atoms with van der Waals surface area (Å²) in [7, 11) is -2.34. The van der Waals surface area contributed by atoms with E-state index in [-0.39, 0.29) is 34.7 Å². The zero-order valence-corrected chi connectivity index (χ0v) is 18.1. The van der Waals surface area contributed by atoms with Gasteiger partial charge in [0.2, 0.25) is 10.0 Å². The number of nitrogens with zero attached hydrogens (tertiary/aromatic N) is 4. The fourth-order valence-corrected chi connectivity index (χ4v) is 6.06. The van der Waals surface area contributed by atoms with Crippen molar-refractivity contribution >= 4 is 15.9 Å². The Hall–Kier alpha value is -2.46. The van der Waals surface area contributed by atoms with Crippen molar-refractivity contribution < 1.29 is 17.9 Å². The number of nitrogens with one attached hydrogen (secondary N) is 1. The number of amides is 1. The molecule has 2 aliphatic rings. The molecular weight excluding hydrogens is 406 g/mol. The van der Waals surface area contributed by atoms with E-state index in [1.165, 1.54) is 23.5 Å². The van der Waals surface area contributed by atoms with Gasteiger partial charge in [0.1, 0.15) is 16.5 Å². The van der Waals surface area contributed by atoms with E-state index >= 15 is 0 Å². The van der Waals surface area contributed by atoms with Gasteiger partial charge in [-0.05, 0) is 44.4 Å². The summed E-state index contributed by atoms with van der Waals surface area (Å²) in [5.41, 5.74) is 0.264. The summed E-state index contributed by atoms with van der Waals surface area (Å²) in [6, 6.07) is 4.42. The summed E-state index contributed by atoms with van der Waals surface area (Å²) in [4.78, 5) is 12.8. The van der Waals surface area contributed by atoms with Crippen LogP contribution in [0.2, 0.25) is 0 Å². The van der Waals surface area contributed by atoms with Gasteiger partial charge < -0.3 is 14.6 Å². The van der Waals surface area contributed by atoms with E-state index in [4.69, 9.17) is 4.74 Å². The van der Waals surface area contributed by atoms with E-state index in [1.807, 2.05) is 11.5 Å². The number of methoxy groups -OCH3 is 1. The first-order valence-corrected chi connectivity index (χ1v) is 11.7. The van der Waals surface area contributed by atoms with E-state index in [2.05, 4.69) is 15.5 Å². The summed E-state index contributed by atoms with van der Waals surface area (Å²) in [6.45, 7) is 3.48. The Morgan fingerprint density at radius 2 is 2.07 bits per heavy atom. The lowest BCUT2D eigenvalue weighted by atomic mass is 10.1. The normalized spacial score (nSPS) is 19.5. The van der Waals surface area contributed by atoms with Gasteiger partial charge >= 0.3 is 0 Å². The Bertz CT molecular complexity index is 1050. The second-order valence-electron chi connectivity index (χ2n) is 7.80. The zero-order chi connectivity index (χ0) is 21.3. The van der Waals surface area contributed by atoms with Gasteiger partial charge in [-0.3, -0.25) is 4.79 Å². The highest BCUT2D eigenvalue weighted by atomic mass is 32.2. The maximum absolute atomic E-state index is 13.3. The molecular formula is C20H27N5O4S. The van der Waals surface area contributed by atoms with Crippen molar-refractivity contribution in [3.05, 3.63) is 35.4 Å². The van der Waals surface area contributed by atoms with Crippen molar-refractivity contribution in [3.8, 4) is 5.75 Å². The van der Waals surface area contributed by atoms with Crippen LogP contribution in [-0.2, 0) is 29.5 Å². The molecule has 2 aliphatic heterocycles. The first-order chi connectivity index (χ1) is 14.4. The van der Waals surface area contributed by atoms with Gasteiger partial charge in [0, 0.05) is 31.1 Å². The van der Waals surface area contributed by atoms with Crippen LogP contribution < -0.4 is 10.1 Å². The number of ether oxygens (including phenoxy) is 1. The number of aromatic nitrogens is 3. The van der Waals surface area contributed by atoms with Crippen molar-refractivity contribution in [2.45, 2.75) is 63.1 Å². The predicted molar refractivity (Wildman–Crippen MR) is 110 cm³/mol. The zero-order valence-electron chi connectivity index (χ0n) is 17.3. The number of carbonyl (C=O) groups excluding carboxylic acids is 1. The average Bonchev–Trinajstić information content (AvgIpc) is 3.36. The summed E-state index contributed by atoms with van der Waals surface area (Å²) in [6.07, 6.45) is 4.59. The van der Waals surface area contributed by atoms with Gasteiger partial charge in [0.25, 0.3) is 5.91 Å². The number of benzene rings is 1. The summed E-state index contributed by atoms with van der Waals surface area (Å²) in [5, 5.41) is 11.1.